The maximum absolute atomic E-state index is 10.3. The summed E-state index contributed by atoms with van der Waals surface area (Å²) >= 11 is 0. The molecule has 220 valence electrons. The molecular formula is C18H34O19. The molecule has 0 bridgehead atoms. The van der Waals surface area contributed by atoms with Crippen molar-refractivity contribution in [1.29, 1.82) is 0 Å². The van der Waals surface area contributed by atoms with E-state index in [1.165, 1.54) is 0 Å². The minimum absolute atomic E-state index is 0.0258. The zero-order chi connectivity index (χ0) is 30.1. The van der Waals surface area contributed by atoms with Gasteiger partial charge in [0.1, 0.15) is 48.8 Å². The highest BCUT2D eigenvalue weighted by molar-refractivity contribution is 5.88. The van der Waals surface area contributed by atoms with Crippen molar-refractivity contribution in [3.05, 3.63) is 0 Å². The van der Waals surface area contributed by atoms with Crippen LogP contribution in [0.15, 0.2) is 0 Å². The van der Waals surface area contributed by atoms with E-state index < -0.39 is 105 Å². The van der Waals surface area contributed by atoms with Crippen LogP contribution in [0.25, 0.3) is 0 Å². The van der Waals surface area contributed by atoms with E-state index in [0.717, 1.165) is 0 Å². The van der Waals surface area contributed by atoms with Crippen molar-refractivity contribution in [3.8, 4) is 0 Å². The predicted octanol–water partition coefficient (Wildman–Crippen LogP) is -8.21. The van der Waals surface area contributed by atoms with Gasteiger partial charge in [-0.05, 0) is 0 Å². The Morgan fingerprint density at radius 2 is 0.865 bits per heavy atom. The average Bonchev–Trinajstić information content (AvgIpc) is 2.84. The summed E-state index contributed by atoms with van der Waals surface area (Å²) in [7, 11) is 0. The molecule has 0 fully saturated rings. The van der Waals surface area contributed by atoms with E-state index in [0.29, 0.717) is 0 Å². The van der Waals surface area contributed by atoms with Gasteiger partial charge in [-0.2, -0.15) is 0 Å². The Morgan fingerprint density at radius 3 is 1.05 bits per heavy atom. The third kappa shape index (κ3) is 16.1. The predicted molar refractivity (Wildman–Crippen MR) is 112 cm³/mol. The second-order valence-electron chi connectivity index (χ2n) is 7.32. The largest absolute Gasteiger partial charge is 0.481 e. The zero-order valence-corrected chi connectivity index (χ0v) is 19.1. The number of aliphatic hydroxyl groups excluding tert-OH is 11. The summed E-state index contributed by atoms with van der Waals surface area (Å²) in [6, 6.07) is 0. The number of rotatable bonds is 15. The highest BCUT2D eigenvalue weighted by Gasteiger charge is 2.40. The smallest absolute Gasteiger partial charge is 0.336 e. The van der Waals surface area contributed by atoms with Crippen LogP contribution in [-0.4, -0.2) is 175 Å². The Kier molecular flexibility index (Phi) is 20.8. The van der Waals surface area contributed by atoms with Crippen LogP contribution in [0.2, 0.25) is 0 Å². The van der Waals surface area contributed by atoms with E-state index in [2.05, 4.69) is 0 Å². The van der Waals surface area contributed by atoms with Crippen molar-refractivity contribution >= 4 is 24.2 Å². The number of carboxylic acid groups (broad SMARTS) is 3. The van der Waals surface area contributed by atoms with Crippen LogP contribution in [0, 0.1) is 0 Å². The molecule has 0 radical (unpaired) electrons. The molecule has 0 rings (SSSR count). The fourth-order valence-corrected chi connectivity index (χ4v) is 2.00. The van der Waals surface area contributed by atoms with Gasteiger partial charge in [-0.3, -0.25) is 9.59 Å². The molecule has 0 aliphatic heterocycles. The Bertz CT molecular complexity index is 641. The highest BCUT2D eigenvalue weighted by atomic mass is 16.4. The monoisotopic (exact) mass is 554 g/mol. The first-order valence-electron chi connectivity index (χ1n) is 9.98. The van der Waals surface area contributed by atoms with Crippen molar-refractivity contribution in [2.24, 2.45) is 0 Å². The number of aldehydes is 1. The van der Waals surface area contributed by atoms with Gasteiger partial charge in [0.05, 0.1) is 32.7 Å². The van der Waals surface area contributed by atoms with Gasteiger partial charge in [-0.15, -0.1) is 0 Å². The van der Waals surface area contributed by atoms with Gasteiger partial charge in [0.25, 0.3) is 0 Å². The molecule has 0 aromatic heterocycles. The molecule has 15 N–H and O–H groups in total. The lowest BCUT2D eigenvalue weighted by molar-refractivity contribution is -0.170. The van der Waals surface area contributed by atoms with Crippen LogP contribution >= 0.6 is 0 Å². The summed E-state index contributed by atoms with van der Waals surface area (Å²) in [4.78, 5) is 40.4. The maximum atomic E-state index is 10.3. The molecule has 0 spiro atoms. The molecular weight excluding hydrogens is 520 g/mol. The number of carbonyl (C=O) groups excluding carboxylic acids is 1. The van der Waals surface area contributed by atoms with Crippen molar-refractivity contribution in [2.75, 3.05) is 19.8 Å². The summed E-state index contributed by atoms with van der Waals surface area (Å²) in [6.07, 6.45) is -15.5. The molecule has 0 aromatic rings. The Hall–Kier alpha value is -2.40. The quantitative estimate of drug-likeness (QED) is 0.0835. The third-order valence-corrected chi connectivity index (χ3v) is 4.22. The first-order chi connectivity index (χ1) is 16.9. The minimum atomic E-state index is -2.74. The number of hydrogen-bond donors (Lipinski definition) is 15. The van der Waals surface area contributed by atoms with E-state index in [9.17, 15) is 19.2 Å². The zero-order valence-electron chi connectivity index (χ0n) is 19.1. The third-order valence-electron chi connectivity index (χ3n) is 4.22. The van der Waals surface area contributed by atoms with Gasteiger partial charge < -0.3 is 81.4 Å². The van der Waals surface area contributed by atoms with E-state index >= 15 is 0 Å². The molecule has 0 aliphatic carbocycles. The normalized spacial score (nSPS) is 17.6. The van der Waals surface area contributed by atoms with Crippen molar-refractivity contribution in [2.45, 2.75) is 67.3 Å². The van der Waals surface area contributed by atoms with Gasteiger partial charge >= 0.3 is 17.9 Å². The van der Waals surface area contributed by atoms with Crippen LogP contribution < -0.4 is 0 Å². The summed E-state index contributed by atoms with van der Waals surface area (Å²) in [5.74, 6) is -5.02. The molecule has 0 heterocycles. The Labute approximate surface area is 208 Å². The molecule has 19 nitrogen and oxygen atoms in total. The van der Waals surface area contributed by atoms with Crippen molar-refractivity contribution in [1.82, 2.24) is 0 Å². The second kappa shape index (κ2) is 19.7. The maximum Gasteiger partial charge on any atom is 0.336 e. The average molecular weight is 554 g/mol. The van der Waals surface area contributed by atoms with Gasteiger partial charge in [-0.1, -0.05) is 0 Å². The molecule has 0 saturated heterocycles. The van der Waals surface area contributed by atoms with E-state index in [1.54, 1.807) is 0 Å². The van der Waals surface area contributed by atoms with Gasteiger partial charge in [0.2, 0.25) is 0 Å². The number of aliphatic carboxylic acids is 3. The SMILES string of the molecule is O=C(O)CC(O)(CC(=O)O)C(=O)O.O=C[C@H](O)[C@@H](O)[C@H](O)[C@H](O)CO.OC[C@@H](O)[C@@H](O)[C@H](O)[C@@H](O)CO. The molecule has 0 unspecified atom stereocenters. The molecule has 0 aliphatic rings. The summed E-state index contributed by atoms with van der Waals surface area (Å²) < 4.78 is 0. The molecule has 37 heavy (non-hydrogen) atoms. The Morgan fingerprint density at radius 1 is 0.595 bits per heavy atom. The van der Waals surface area contributed by atoms with Crippen LogP contribution in [0.3, 0.4) is 0 Å². The molecule has 0 aromatic carbocycles. The lowest BCUT2D eigenvalue weighted by atomic mass is 9.96. The first-order valence-corrected chi connectivity index (χ1v) is 9.98. The van der Waals surface area contributed by atoms with Gasteiger partial charge in [-0.25, -0.2) is 4.79 Å². The minimum Gasteiger partial charge on any atom is -0.481 e. The summed E-state index contributed by atoms with van der Waals surface area (Å²) in [5, 5.41) is 130. The van der Waals surface area contributed by atoms with Crippen molar-refractivity contribution in [3.63, 3.8) is 0 Å². The fourth-order valence-electron chi connectivity index (χ4n) is 2.00. The van der Waals surface area contributed by atoms with E-state index in [-0.39, 0.29) is 6.29 Å². The number of aliphatic hydroxyl groups is 12. The van der Waals surface area contributed by atoms with Gasteiger partial charge in [0, 0.05) is 0 Å². The number of carboxylic acids is 3. The molecule has 0 saturated carbocycles. The lowest BCUT2D eigenvalue weighted by Gasteiger charge is -2.24. The topological polar surface area (TPSA) is 372 Å². The van der Waals surface area contributed by atoms with Crippen LogP contribution in [0.5, 0.6) is 0 Å². The van der Waals surface area contributed by atoms with Crippen LogP contribution in [-0.2, 0) is 19.2 Å². The summed E-state index contributed by atoms with van der Waals surface area (Å²) in [5.41, 5.74) is -2.74. The van der Waals surface area contributed by atoms with E-state index in [4.69, 9.17) is 76.6 Å². The number of carbonyl (C=O) groups is 4. The first kappa shape index (κ1) is 39.1. The fraction of sp³-hybridized carbons (Fsp3) is 0.778. The highest BCUT2D eigenvalue weighted by Crippen LogP contribution is 2.15. The molecule has 19 heteroatoms. The lowest BCUT2D eigenvalue weighted by Crippen LogP contribution is -2.46. The molecule has 8 atom stereocenters. The van der Waals surface area contributed by atoms with E-state index in [1.807, 2.05) is 0 Å². The summed E-state index contributed by atoms with van der Waals surface area (Å²) in [6.45, 7) is -2.21. The van der Waals surface area contributed by atoms with Gasteiger partial charge in [0.15, 0.2) is 11.9 Å². The second-order valence-corrected chi connectivity index (χ2v) is 7.32. The van der Waals surface area contributed by atoms with Crippen LogP contribution in [0.1, 0.15) is 12.8 Å². The number of hydrogen-bond acceptors (Lipinski definition) is 16. The molecule has 0 amide bonds. The van der Waals surface area contributed by atoms with Crippen LogP contribution in [0.4, 0.5) is 0 Å². The standard InChI is InChI=1S/C6H8O7.C6H14O6.C6H12O6/c7-3(8)1-6(13,5(11)12)2-4(9)10;2*7-1-3(9)5(11)6(12)4(10)2-8/h13H,1-2H2,(H,7,8)(H,9,10)(H,11,12);3-12H,1-2H2;1,3-6,8-12H,2H2/t;3-,4+,5-,6-;3-,4+,5+,6+/m.10/s1. The Balaban J connectivity index is -0.000000469. The van der Waals surface area contributed by atoms with Crippen molar-refractivity contribution < 1.29 is 95.8 Å².